The van der Waals surface area contributed by atoms with Crippen molar-refractivity contribution in [3.63, 3.8) is 0 Å². The Labute approximate surface area is 188 Å². The largest absolute Gasteiger partial charge is 0.373 e. The average Bonchev–Trinajstić information content (AvgIpc) is 3.06. The first-order valence-corrected chi connectivity index (χ1v) is 11.9. The highest BCUT2D eigenvalue weighted by atomic mass is 16.5. The Bertz CT molecular complexity index is 743. The Kier molecular flexibility index (Phi) is 7.06. The van der Waals surface area contributed by atoms with E-state index < -0.39 is 0 Å². The highest BCUT2D eigenvalue weighted by molar-refractivity contribution is 5.88. The Morgan fingerprint density at radius 2 is 1.68 bits per heavy atom. The van der Waals surface area contributed by atoms with E-state index in [1.165, 1.54) is 0 Å². The van der Waals surface area contributed by atoms with Crippen molar-refractivity contribution in [3.8, 4) is 0 Å². The molecule has 2 saturated heterocycles. The number of piperidine rings is 1. The summed E-state index contributed by atoms with van der Waals surface area (Å²) in [6.07, 6.45) is 2.72. The van der Waals surface area contributed by atoms with E-state index in [2.05, 4.69) is 65.6 Å². The molecule has 3 heterocycles. The van der Waals surface area contributed by atoms with Crippen LogP contribution in [0.15, 0.2) is 6.07 Å². The zero-order valence-corrected chi connectivity index (χ0v) is 20.9. The predicted octanol–water partition coefficient (Wildman–Crippen LogP) is 4.29. The van der Waals surface area contributed by atoms with Gasteiger partial charge in [-0.3, -0.25) is 10.2 Å². The van der Waals surface area contributed by atoms with Crippen molar-refractivity contribution >= 4 is 11.8 Å². The van der Waals surface area contributed by atoms with Gasteiger partial charge in [-0.15, -0.1) is 0 Å². The van der Waals surface area contributed by atoms with Gasteiger partial charge in [0.05, 0.1) is 23.4 Å². The molecule has 7 heteroatoms. The fraction of sp³-hybridized carbons (Fsp3) is 0.833. The zero-order chi connectivity index (χ0) is 23.0. The van der Waals surface area contributed by atoms with Gasteiger partial charge in [0.1, 0.15) is 5.82 Å². The van der Waals surface area contributed by atoms with Crippen molar-refractivity contribution in [1.82, 2.24) is 19.6 Å². The second-order valence-corrected chi connectivity index (χ2v) is 11.6. The van der Waals surface area contributed by atoms with Gasteiger partial charge in [0, 0.05) is 44.2 Å². The topological polar surface area (TPSA) is 62.6 Å². The van der Waals surface area contributed by atoms with Gasteiger partial charge >= 0.3 is 6.03 Å². The van der Waals surface area contributed by atoms with Crippen LogP contribution in [-0.2, 0) is 15.7 Å². The number of morpholine rings is 1. The Hall–Kier alpha value is -1.60. The number of amides is 2. The number of hydrogen-bond donors (Lipinski definition) is 1. The Morgan fingerprint density at radius 1 is 1.10 bits per heavy atom. The van der Waals surface area contributed by atoms with Crippen LogP contribution in [0.2, 0.25) is 0 Å². The summed E-state index contributed by atoms with van der Waals surface area (Å²) in [5.41, 5.74) is 0.722. The van der Waals surface area contributed by atoms with Gasteiger partial charge in [-0.1, -0.05) is 20.8 Å². The molecular weight excluding hydrogens is 390 g/mol. The minimum atomic E-state index is -0.203. The molecule has 2 amide bonds. The molecule has 2 fully saturated rings. The molecule has 0 aromatic carbocycles. The number of carbonyl (C=O) groups is 1. The van der Waals surface area contributed by atoms with Crippen molar-refractivity contribution in [3.05, 3.63) is 11.8 Å². The maximum Gasteiger partial charge on any atom is 0.322 e. The third-order valence-electron chi connectivity index (χ3n) is 6.26. The summed E-state index contributed by atoms with van der Waals surface area (Å²) in [5, 5.41) is 7.96. The minimum Gasteiger partial charge on any atom is -0.373 e. The monoisotopic (exact) mass is 433 g/mol. The van der Waals surface area contributed by atoms with Crippen molar-refractivity contribution in [2.45, 2.75) is 91.4 Å². The molecule has 1 N–H and O–H groups in total. The lowest BCUT2D eigenvalue weighted by atomic mass is 9.92. The van der Waals surface area contributed by atoms with E-state index in [0.717, 1.165) is 57.1 Å². The average molecular weight is 434 g/mol. The first kappa shape index (κ1) is 24.1. The van der Waals surface area contributed by atoms with E-state index in [1.807, 2.05) is 15.6 Å². The van der Waals surface area contributed by atoms with Crippen LogP contribution >= 0.6 is 0 Å². The predicted molar refractivity (Wildman–Crippen MR) is 126 cm³/mol. The summed E-state index contributed by atoms with van der Waals surface area (Å²) < 4.78 is 7.80. The molecule has 2 atom stereocenters. The molecule has 2 aliphatic rings. The Balaban J connectivity index is 1.57. The van der Waals surface area contributed by atoms with E-state index >= 15 is 0 Å². The molecule has 2 unspecified atom stereocenters. The molecule has 7 nitrogen and oxygen atoms in total. The van der Waals surface area contributed by atoms with Crippen LogP contribution in [0, 0.1) is 5.92 Å². The second-order valence-electron chi connectivity index (χ2n) is 11.6. The van der Waals surface area contributed by atoms with Crippen molar-refractivity contribution < 1.29 is 9.53 Å². The lowest BCUT2D eigenvalue weighted by Crippen LogP contribution is -2.49. The standard InChI is InChI=1S/C24H43N5O2/c1-17-14-27(15-18(2)31-17)16-19-9-11-28(12-10-19)22(30)25-21-13-20(23(3,4)5)26-29(21)24(6,7)8/h13,17-19H,9-12,14-16H2,1-8H3,(H,25,30). The summed E-state index contributed by atoms with van der Waals surface area (Å²) in [6, 6.07) is 2.01. The number of aromatic nitrogens is 2. The number of rotatable bonds is 3. The molecule has 3 rings (SSSR count). The number of urea groups is 1. The van der Waals surface area contributed by atoms with Gasteiger partial charge < -0.3 is 9.64 Å². The van der Waals surface area contributed by atoms with Crippen LogP contribution in [0.4, 0.5) is 10.6 Å². The minimum absolute atomic E-state index is 0.0158. The van der Waals surface area contributed by atoms with Gasteiger partial charge in [0.15, 0.2) is 0 Å². The molecule has 1 aromatic heterocycles. The number of hydrogen-bond acceptors (Lipinski definition) is 4. The van der Waals surface area contributed by atoms with E-state index in [4.69, 9.17) is 9.84 Å². The number of likely N-dealkylation sites (tertiary alicyclic amines) is 1. The van der Waals surface area contributed by atoms with Gasteiger partial charge in [-0.2, -0.15) is 5.10 Å². The van der Waals surface area contributed by atoms with Crippen LogP contribution in [0.25, 0.3) is 0 Å². The summed E-state index contributed by atoms with van der Waals surface area (Å²) in [6.45, 7) is 21.8. The van der Waals surface area contributed by atoms with Crippen LogP contribution in [0.3, 0.4) is 0 Å². The molecule has 176 valence electrons. The Morgan fingerprint density at radius 3 is 2.19 bits per heavy atom. The molecule has 0 bridgehead atoms. The highest BCUT2D eigenvalue weighted by Crippen LogP contribution is 2.29. The maximum atomic E-state index is 13.0. The lowest BCUT2D eigenvalue weighted by molar-refractivity contribution is -0.0728. The summed E-state index contributed by atoms with van der Waals surface area (Å²) in [7, 11) is 0. The third kappa shape index (κ3) is 6.22. The van der Waals surface area contributed by atoms with E-state index in [9.17, 15) is 4.79 Å². The fourth-order valence-corrected chi connectivity index (χ4v) is 4.65. The van der Waals surface area contributed by atoms with E-state index in [-0.39, 0.29) is 17.0 Å². The van der Waals surface area contributed by atoms with Crippen LogP contribution in [0.5, 0.6) is 0 Å². The molecule has 31 heavy (non-hydrogen) atoms. The van der Waals surface area contributed by atoms with Crippen molar-refractivity contribution in [2.24, 2.45) is 5.92 Å². The van der Waals surface area contributed by atoms with E-state index in [0.29, 0.717) is 18.1 Å². The van der Waals surface area contributed by atoms with Gasteiger partial charge in [-0.05, 0) is 53.4 Å². The number of nitrogens with one attached hydrogen (secondary N) is 1. The van der Waals surface area contributed by atoms with Crippen LogP contribution < -0.4 is 5.32 Å². The van der Waals surface area contributed by atoms with Gasteiger partial charge in [-0.25, -0.2) is 9.48 Å². The fourth-order valence-electron chi connectivity index (χ4n) is 4.65. The molecule has 2 aliphatic heterocycles. The maximum absolute atomic E-state index is 13.0. The third-order valence-corrected chi connectivity index (χ3v) is 6.26. The normalized spacial score (nSPS) is 24.5. The number of ether oxygens (including phenoxy) is 1. The van der Waals surface area contributed by atoms with Gasteiger partial charge in [0.2, 0.25) is 0 Å². The quantitative estimate of drug-likeness (QED) is 0.772. The first-order chi connectivity index (χ1) is 14.3. The highest BCUT2D eigenvalue weighted by Gasteiger charge is 2.30. The number of carbonyl (C=O) groups excluding carboxylic acids is 1. The first-order valence-electron chi connectivity index (χ1n) is 11.9. The molecule has 0 radical (unpaired) electrons. The number of nitrogens with zero attached hydrogens (tertiary/aromatic N) is 4. The second kappa shape index (κ2) is 9.10. The smallest absolute Gasteiger partial charge is 0.322 e. The SMILES string of the molecule is CC1CN(CC2CCN(C(=O)Nc3cc(C(C)(C)C)nn3C(C)(C)C)CC2)CC(C)O1. The zero-order valence-electron chi connectivity index (χ0n) is 20.9. The lowest BCUT2D eigenvalue weighted by Gasteiger charge is -2.39. The van der Waals surface area contributed by atoms with Crippen molar-refractivity contribution in [1.29, 1.82) is 0 Å². The van der Waals surface area contributed by atoms with Crippen LogP contribution in [0.1, 0.15) is 73.9 Å². The molecule has 0 spiro atoms. The van der Waals surface area contributed by atoms with Crippen LogP contribution in [-0.4, -0.2) is 70.5 Å². The molecule has 1 aromatic rings. The molecule has 0 aliphatic carbocycles. The number of anilines is 1. The summed E-state index contributed by atoms with van der Waals surface area (Å²) >= 11 is 0. The molecule has 0 saturated carbocycles. The summed E-state index contributed by atoms with van der Waals surface area (Å²) in [5.74, 6) is 1.43. The van der Waals surface area contributed by atoms with Crippen molar-refractivity contribution in [2.75, 3.05) is 38.0 Å². The summed E-state index contributed by atoms with van der Waals surface area (Å²) in [4.78, 5) is 17.5. The molecular formula is C24H43N5O2. The van der Waals surface area contributed by atoms with E-state index in [1.54, 1.807) is 0 Å². The van der Waals surface area contributed by atoms with Gasteiger partial charge in [0.25, 0.3) is 0 Å².